The van der Waals surface area contributed by atoms with E-state index in [9.17, 15) is 0 Å². The first-order chi connectivity index (χ1) is 25.3. The number of aromatic nitrogens is 3. The second kappa shape index (κ2) is 10.9. The molecule has 4 nitrogen and oxygen atoms in total. The second-order valence-corrected chi connectivity index (χ2v) is 13.5. The Bertz CT molecular complexity index is 2990. The molecule has 0 bridgehead atoms. The Labute approximate surface area is 294 Å². The molecule has 4 heterocycles. The molecule has 4 aromatic heterocycles. The van der Waals surface area contributed by atoms with Crippen molar-refractivity contribution >= 4 is 60.8 Å². The molecule has 1 aliphatic rings. The summed E-state index contributed by atoms with van der Waals surface area (Å²) in [6.07, 6.45) is 8.35. The summed E-state index contributed by atoms with van der Waals surface area (Å²) >= 11 is 0. The fourth-order valence-electron chi connectivity index (χ4n) is 8.37. The Morgan fingerprint density at radius 2 is 1.24 bits per heavy atom. The smallest absolute Gasteiger partial charge is 0.145 e. The van der Waals surface area contributed by atoms with Crippen molar-refractivity contribution in [1.29, 1.82) is 0 Å². The lowest BCUT2D eigenvalue weighted by Crippen LogP contribution is -1.97. The van der Waals surface area contributed by atoms with Gasteiger partial charge >= 0.3 is 0 Å². The van der Waals surface area contributed by atoms with E-state index < -0.39 is 0 Å². The average Bonchev–Trinajstić information content (AvgIpc) is 3.86. The summed E-state index contributed by atoms with van der Waals surface area (Å²) in [5, 5.41) is 6.01. The summed E-state index contributed by atoms with van der Waals surface area (Å²) in [5.74, 6) is 1.09. The predicted octanol–water partition coefficient (Wildman–Crippen LogP) is 12.3. The van der Waals surface area contributed by atoms with Crippen molar-refractivity contribution < 1.29 is 4.42 Å². The Morgan fingerprint density at radius 1 is 0.529 bits per heavy atom. The molecule has 0 radical (unpaired) electrons. The number of nitrogens with zero attached hydrogens (tertiary/aromatic N) is 3. The topological polar surface area (TPSA) is 35.9 Å². The van der Waals surface area contributed by atoms with Crippen molar-refractivity contribution in [3.05, 3.63) is 169 Å². The summed E-state index contributed by atoms with van der Waals surface area (Å²) in [5.41, 5.74) is 13.6. The number of aryl methyl sites for hydroxylation is 1. The van der Waals surface area contributed by atoms with Gasteiger partial charge in [-0.1, -0.05) is 91.0 Å². The van der Waals surface area contributed by atoms with Gasteiger partial charge in [0.2, 0.25) is 0 Å². The quantitative estimate of drug-likeness (QED) is 0.189. The number of rotatable bonds is 4. The zero-order valence-electron chi connectivity index (χ0n) is 27.8. The van der Waals surface area contributed by atoms with Crippen LogP contribution in [0.1, 0.15) is 17.7 Å². The van der Waals surface area contributed by atoms with Crippen LogP contribution in [0, 0.1) is 0 Å². The highest BCUT2D eigenvalue weighted by atomic mass is 16.3. The molecule has 0 saturated carbocycles. The first kappa shape index (κ1) is 28.2. The van der Waals surface area contributed by atoms with E-state index in [-0.39, 0.29) is 0 Å². The van der Waals surface area contributed by atoms with E-state index in [1.807, 2.05) is 12.3 Å². The monoisotopic (exact) mass is 653 g/mol. The number of furan rings is 1. The van der Waals surface area contributed by atoms with Crippen LogP contribution in [-0.2, 0) is 6.42 Å². The van der Waals surface area contributed by atoms with E-state index in [1.165, 1.54) is 60.4 Å². The average molecular weight is 654 g/mol. The molecule has 0 saturated heterocycles. The van der Waals surface area contributed by atoms with Gasteiger partial charge in [0.15, 0.2) is 0 Å². The highest BCUT2D eigenvalue weighted by Crippen LogP contribution is 2.40. The summed E-state index contributed by atoms with van der Waals surface area (Å²) < 4.78 is 11.0. The van der Waals surface area contributed by atoms with Crippen molar-refractivity contribution in [3.8, 4) is 33.6 Å². The normalized spacial score (nSPS) is 12.9. The molecule has 6 aromatic carbocycles. The molecule has 0 spiro atoms. The molecular formula is C47H31N3O. The van der Waals surface area contributed by atoms with Gasteiger partial charge in [-0.3, -0.25) is 4.57 Å². The molecular weight excluding hydrogens is 623 g/mol. The van der Waals surface area contributed by atoms with E-state index >= 15 is 0 Å². The van der Waals surface area contributed by atoms with Gasteiger partial charge in [-0.15, -0.1) is 0 Å². The van der Waals surface area contributed by atoms with Crippen LogP contribution in [0.4, 0.5) is 0 Å². The molecule has 51 heavy (non-hydrogen) atoms. The van der Waals surface area contributed by atoms with E-state index in [0.717, 1.165) is 52.1 Å². The lowest BCUT2D eigenvalue weighted by Gasteiger charge is -2.12. The summed E-state index contributed by atoms with van der Waals surface area (Å²) in [7, 11) is 0. The standard InChI is InChI=1S/C47H31N3O/c1-5-21-42-36(15-1)38-19-10-26-48-47(38)50(42)34-24-25-43-40(29-34)37-16-2-4-20-41(37)49(43)33-14-8-12-31(28-33)30-11-7-13-32(27-30)35-18-9-23-45-46(35)39-17-3-6-22-44(39)51-45/h1-5,7-21,23-29H,6,22H2. The maximum Gasteiger partial charge on any atom is 0.145 e. The van der Waals surface area contributed by atoms with Crippen LogP contribution < -0.4 is 0 Å². The van der Waals surface area contributed by atoms with Gasteiger partial charge in [0.25, 0.3) is 0 Å². The maximum absolute atomic E-state index is 6.30. The first-order valence-corrected chi connectivity index (χ1v) is 17.6. The van der Waals surface area contributed by atoms with Gasteiger partial charge in [0.1, 0.15) is 17.0 Å². The van der Waals surface area contributed by atoms with Gasteiger partial charge in [0.05, 0.1) is 16.6 Å². The van der Waals surface area contributed by atoms with Gasteiger partial charge < -0.3 is 8.98 Å². The molecule has 0 amide bonds. The van der Waals surface area contributed by atoms with Crippen LogP contribution in [0.15, 0.2) is 162 Å². The maximum atomic E-state index is 6.30. The second-order valence-electron chi connectivity index (χ2n) is 13.5. The van der Waals surface area contributed by atoms with E-state index in [2.05, 4.69) is 161 Å². The third kappa shape index (κ3) is 4.23. The molecule has 240 valence electrons. The van der Waals surface area contributed by atoms with Gasteiger partial charge in [0, 0.05) is 56.5 Å². The Kier molecular flexibility index (Phi) is 6.05. The first-order valence-electron chi connectivity index (χ1n) is 17.6. The number of hydrogen-bond donors (Lipinski definition) is 0. The molecule has 0 fully saturated rings. The minimum atomic E-state index is 0.953. The van der Waals surface area contributed by atoms with Crippen LogP contribution >= 0.6 is 0 Å². The number of benzene rings is 6. The molecule has 4 heteroatoms. The minimum Gasteiger partial charge on any atom is -0.460 e. The van der Waals surface area contributed by atoms with Crippen molar-refractivity contribution in [3.63, 3.8) is 0 Å². The van der Waals surface area contributed by atoms with Crippen LogP contribution in [-0.4, -0.2) is 14.1 Å². The molecule has 0 N–H and O–H groups in total. The zero-order chi connectivity index (χ0) is 33.5. The number of hydrogen-bond acceptors (Lipinski definition) is 2. The van der Waals surface area contributed by atoms with Gasteiger partial charge in [-0.05, 0) is 95.4 Å². The third-order valence-electron chi connectivity index (χ3n) is 10.6. The number of pyridine rings is 1. The van der Waals surface area contributed by atoms with Crippen molar-refractivity contribution in [2.75, 3.05) is 0 Å². The molecule has 0 unspecified atom stereocenters. The summed E-state index contributed by atoms with van der Waals surface area (Å²) in [6, 6.07) is 52.6. The van der Waals surface area contributed by atoms with Crippen LogP contribution in [0.5, 0.6) is 0 Å². The zero-order valence-corrected chi connectivity index (χ0v) is 27.8. The van der Waals surface area contributed by atoms with Crippen molar-refractivity contribution in [2.45, 2.75) is 12.8 Å². The molecule has 1 aliphatic carbocycles. The lowest BCUT2D eigenvalue weighted by atomic mass is 9.93. The Morgan fingerprint density at radius 3 is 2.14 bits per heavy atom. The Balaban J connectivity index is 1.06. The van der Waals surface area contributed by atoms with Crippen LogP contribution in [0.2, 0.25) is 0 Å². The van der Waals surface area contributed by atoms with Gasteiger partial charge in [-0.2, -0.15) is 0 Å². The molecule has 0 aliphatic heterocycles. The highest BCUT2D eigenvalue weighted by Gasteiger charge is 2.19. The fourth-order valence-corrected chi connectivity index (χ4v) is 8.37. The van der Waals surface area contributed by atoms with Crippen molar-refractivity contribution in [2.24, 2.45) is 0 Å². The fraction of sp³-hybridized carbons (Fsp3) is 0.0426. The highest BCUT2D eigenvalue weighted by molar-refractivity contribution is 6.12. The number of para-hydroxylation sites is 2. The van der Waals surface area contributed by atoms with E-state index in [1.54, 1.807) is 0 Å². The molecule has 10 aromatic rings. The predicted molar refractivity (Wildman–Crippen MR) is 211 cm³/mol. The third-order valence-corrected chi connectivity index (χ3v) is 10.6. The summed E-state index contributed by atoms with van der Waals surface area (Å²) in [4.78, 5) is 4.84. The molecule has 11 rings (SSSR count). The number of fused-ring (bicyclic) bond motifs is 9. The summed E-state index contributed by atoms with van der Waals surface area (Å²) in [6.45, 7) is 0. The van der Waals surface area contributed by atoms with Gasteiger partial charge in [-0.25, -0.2) is 4.98 Å². The van der Waals surface area contributed by atoms with E-state index in [4.69, 9.17) is 9.40 Å². The SMILES string of the molecule is C1=Cc2c(oc3cccc(-c4cccc(-c5cccc(-n6c7ccccc7c7cc(-n8c9ccccc9c9cccnc98)ccc76)c5)c4)c23)CC1. The van der Waals surface area contributed by atoms with Crippen LogP contribution in [0.25, 0.3) is 94.4 Å². The Hall–Kier alpha value is -6.65. The minimum absolute atomic E-state index is 0.953. The molecule has 0 atom stereocenters. The van der Waals surface area contributed by atoms with Crippen LogP contribution in [0.3, 0.4) is 0 Å². The van der Waals surface area contributed by atoms with E-state index in [0.29, 0.717) is 0 Å². The number of allylic oxidation sites excluding steroid dienone is 1. The van der Waals surface area contributed by atoms with Crippen molar-refractivity contribution in [1.82, 2.24) is 14.1 Å². The largest absolute Gasteiger partial charge is 0.460 e. The lowest BCUT2D eigenvalue weighted by molar-refractivity contribution is 0.546.